The third-order valence-corrected chi connectivity index (χ3v) is 6.18. The molecule has 8 heteroatoms. The largest absolute Gasteiger partial charge is 0.493 e. The van der Waals surface area contributed by atoms with Crippen LogP contribution in [0.1, 0.15) is 68.9 Å². The highest BCUT2D eigenvalue weighted by atomic mass is 16.5. The van der Waals surface area contributed by atoms with Gasteiger partial charge in [0.2, 0.25) is 5.91 Å². The van der Waals surface area contributed by atoms with Crippen molar-refractivity contribution < 1.29 is 24.2 Å². The van der Waals surface area contributed by atoms with Crippen molar-refractivity contribution in [1.29, 1.82) is 0 Å². The zero-order valence-electron chi connectivity index (χ0n) is 20.6. The molecule has 0 spiro atoms. The maximum Gasteiger partial charge on any atom is 0.341 e. The van der Waals surface area contributed by atoms with E-state index < -0.39 is 11.4 Å². The van der Waals surface area contributed by atoms with E-state index in [2.05, 4.69) is 26.1 Å². The molecule has 8 nitrogen and oxygen atoms in total. The number of amides is 1. The average molecular weight is 471 g/mol. The second kappa shape index (κ2) is 10.3. The van der Waals surface area contributed by atoms with Gasteiger partial charge in [0.25, 0.3) is 0 Å². The number of ether oxygens (including phenoxy) is 2. The standard InChI is InChI=1S/C26H34N2O6/c1-16(29)27-9-7-6-8-10-34-23-11-17-12-24(26(2,3)4)28-15-19(25(31)32)21(30)14-20(28)18(17)13-22(23)33-5/h11,13-15,24H,6-10,12H2,1-5H3,(H,27,29)(H,31,32). The average Bonchev–Trinajstić information content (AvgIpc) is 2.75. The van der Waals surface area contributed by atoms with Crippen molar-refractivity contribution in [3.05, 3.63) is 45.7 Å². The number of carbonyl (C=O) groups excluding carboxylic acids is 1. The lowest BCUT2D eigenvalue weighted by molar-refractivity contribution is -0.118. The molecular weight excluding hydrogens is 436 g/mol. The molecule has 2 heterocycles. The zero-order valence-corrected chi connectivity index (χ0v) is 20.6. The topological polar surface area (TPSA) is 107 Å². The highest BCUT2D eigenvalue weighted by Crippen LogP contribution is 2.45. The third kappa shape index (κ3) is 5.61. The zero-order chi connectivity index (χ0) is 25.0. The predicted octanol–water partition coefficient (Wildman–Crippen LogP) is 4.05. The quantitative estimate of drug-likeness (QED) is 0.536. The molecule has 2 aromatic rings. The summed E-state index contributed by atoms with van der Waals surface area (Å²) in [6, 6.07) is 5.22. The summed E-state index contributed by atoms with van der Waals surface area (Å²) in [7, 11) is 1.57. The summed E-state index contributed by atoms with van der Waals surface area (Å²) in [6.07, 6.45) is 4.81. The molecule has 0 radical (unpaired) electrons. The second-order valence-electron chi connectivity index (χ2n) is 9.79. The number of carbonyl (C=O) groups is 2. The number of pyridine rings is 1. The Bertz CT molecular complexity index is 1130. The van der Waals surface area contributed by atoms with Crippen LogP contribution in [-0.4, -0.2) is 41.8 Å². The Labute approximate surface area is 199 Å². The van der Waals surface area contributed by atoms with Crippen LogP contribution in [0.3, 0.4) is 0 Å². The van der Waals surface area contributed by atoms with E-state index >= 15 is 0 Å². The molecule has 1 aromatic carbocycles. The van der Waals surface area contributed by atoms with Crippen molar-refractivity contribution in [2.75, 3.05) is 20.3 Å². The number of carboxylic acids is 1. The van der Waals surface area contributed by atoms with Gasteiger partial charge in [-0.3, -0.25) is 9.59 Å². The molecule has 0 bridgehead atoms. The minimum absolute atomic E-state index is 0.0216. The lowest BCUT2D eigenvalue weighted by atomic mass is 9.78. The molecule has 0 saturated carbocycles. The fourth-order valence-corrected chi connectivity index (χ4v) is 4.35. The van der Waals surface area contributed by atoms with Crippen molar-refractivity contribution in [3.63, 3.8) is 0 Å². The van der Waals surface area contributed by atoms with E-state index in [0.29, 0.717) is 36.8 Å². The summed E-state index contributed by atoms with van der Waals surface area (Å²) in [5, 5.41) is 12.3. The number of methoxy groups -OCH3 is 1. The van der Waals surface area contributed by atoms with Crippen LogP contribution in [0.15, 0.2) is 29.2 Å². The number of carboxylic acid groups (broad SMARTS) is 1. The molecule has 0 saturated heterocycles. The summed E-state index contributed by atoms with van der Waals surface area (Å²) in [4.78, 5) is 35.1. The predicted molar refractivity (Wildman–Crippen MR) is 130 cm³/mol. The molecule has 1 atom stereocenters. The Morgan fingerprint density at radius 3 is 2.50 bits per heavy atom. The number of aromatic nitrogens is 1. The van der Waals surface area contributed by atoms with Crippen LogP contribution in [0.4, 0.5) is 0 Å². The third-order valence-electron chi connectivity index (χ3n) is 6.18. The van der Waals surface area contributed by atoms with E-state index in [0.717, 1.165) is 30.4 Å². The minimum Gasteiger partial charge on any atom is -0.493 e. The Morgan fingerprint density at radius 2 is 1.88 bits per heavy atom. The van der Waals surface area contributed by atoms with Crippen molar-refractivity contribution in [1.82, 2.24) is 9.88 Å². The number of hydrogen-bond donors (Lipinski definition) is 2. The van der Waals surface area contributed by atoms with Gasteiger partial charge >= 0.3 is 5.97 Å². The minimum atomic E-state index is -1.22. The van der Waals surface area contributed by atoms with Crippen LogP contribution in [0.25, 0.3) is 11.3 Å². The summed E-state index contributed by atoms with van der Waals surface area (Å²) in [5.74, 6) is -0.0370. The smallest absolute Gasteiger partial charge is 0.341 e. The van der Waals surface area contributed by atoms with Crippen molar-refractivity contribution in [2.45, 2.75) is 59.4 Å². The van der Waals surface area contributed by atoms with Gasteiger partial charge < -0.3 is 24.5 Å². The van der Waals surface area contributed by atoms with Crippen LogP contribution in [-0.2, 0) is 11.2 Å². The molecule has 1 aliphatic heterocycles. The van der Waals surface area contributed by atoms with Crippen molar-refractivity contribution >= 4 is 11.9 Å². The van der Waals surface area contributed by atoms with Gasteiger partial charge in [-0.05, 0) is 48.8 Å². The number of nitrogens with zero attached hydrogens (tertiary/aromatic N) is 1. The molecule has 184 valence electrons. The lowest BCUT2D eigenvalue weighted by Crippen LogP contribution is -2.32. The number of rotatable bonds is 9. The molecule has 0 aliphatic carbocycles. The van der Waals surface area contributed by atoms with Gasteiger partial charge in [-0.15, -0.1) is 0 Å². The van der Waals surface area contributed by atoms with Gasteiger partial charge in [0, 0.05) is 37.3 Å². The first-order valence-corrected chi connectivity index (χ1v) is 11.6. The Morgan fingerprint density at radius 1 is 1.15 bits per heavy atom. The molecule has 3 rings (SSSR count). The first-order valence-electron chi connectivity index (χ1n) is 11.6. The van der Waals surface area contributed by atoms with Crippen molar-refractivity contribution in [3.8, 4) is 22.8 Å². The molecule has 0 fully saturated rings. The Hall–Kier alpha value is -3.29. The molecule has 2 N–H and O–H groups in total. The first kappa shape index (κ1) is 25.3. The Kier molecular flexibility index (Phi) is 7.69. The second-order valence-corrected chi connectivity index (χ2v) is 9.79. The summed E-state index contributed by atoms with van der Waals surface area (Å²) >= 11 is 0. The molecule has 1 aromatic heterocycles. The van der Waals surface area contributed by atoms with E-state index in [4.69, 9.17) is 9.47 Å². The van der Waals surface area contributed by atoms with E-state index in [9.17, 15) is 19.5 Å². The van der Waals surface area contributed by atoms with Crippen LogP contribution < -0.4 is 20.2 Å². The Balaban J connectivity index is 1.90. The van der Waals surface area contributed by atoms with E-state index in [1.54, 1.807) is 7.11 Å². The fourth-order valence-electron chi connectivity index (χ4n) is 4.35. The molecule has 1 unspecified atom stereocenters. The summed E-state index contributed by atoms with van der Waals surface area (Å²) in [5.41, 5.74) is 1.63. The summed E-state index contributed by atoms with van der Waals surface area (Å²) in [6.45, 7) is 9.01. The molecule has 34 heavy (non-hydrogen) atoms. The van der Waals surface area contributed by atoms with Gasteiger partial charge in [-0.25, -0.2) is 4.79 Å². The van der Waals surface area contributed by atoms with E-state index in [1.165, 1.54) is 19.2 Å². The van der Waals surface area contributed by atoms with Gasteiger partial charge in [0.05, 0.1) is 19.4 Å². The number of hydrogen-bond acceptors (Lipinski definition) is 5. The van der Waals surface area contributed by atoms with Gasteiger partial charge in [-0.1, -0.05) is 20.8 Å². The van der Waals surface area contributed by atoms with E-state index in [1.807, 2.05) is 16.7 Å². The summed E-state index contributed by atoms with van der Waals surface area (Å²) < 4.78 is 13.5. The highest BCUT2D eigenvalue weighted by molar-refractivity contribution is 5.88. The van der Waals surface area contributed by atoms with E-state index in [-0.39, 0.29) is 22.9 Å². The first-order chi connectivity index (χ1) is 16.0. The fraction of sp³-hybridized carbons (Fsp3) is 0.500. The number of fused-ring (bicyclic) bond motifs is 3. The van der Waals surface area contributed by atoms with Gasteiger partial charge in [0.1, 0.15) is 5.56 Å². The maximum absolute atomic E-state index is 12.5. The number of nitrogens with one attached hydrogen (secondary N) is 1. The van der Waals surface area contributed by atoms with Crippen molar-refractivity contribution in [2.24, 2.45) is 5.41 Å². The van der Waals surface area contributed by atoms with Crippen LogP contribution in [0.5, 0.6) is 11.5 Å². The van der Waals surface area contributed by atoms with Gasteiger partial charge in [0.15, 0.2) is 16.9 Å². The highest BCUT2D eigenvalue weighted by Gasteiger charge is 2.34. The van der Waals surface area contributed by atoms with Crippen LogP contribution in [0.2, 0.25) is 0 Å². The SMILES string of the molecule is COc1cc2c(cc1OCCCCCNC(C)=O)CC(C(C)(C)C)n1cc(C(=O)O)c(=O)cc1-2. The maximum atomic E-state index is 12.5. The normalized spacial score (nSPS) is 14.7. The van der Waals surface area contributed by atoms with Gasteiger partial charge in [-0.2, -0.15) is 0 Å². The van der Waals surface area contributed by atoms with Crippen LogP contribution >= 0.6 is 0 Å². The molecule has 1 amide bonds. The lowest BCUT2D eigenvalue weighted by Gasteiger charge is -2.39. The number of aromatic carboxylic acids is 1. The van der Waals surface area contributed by atoms with Crippen LogP contribution in [0, 0.1) is 5.41 Å². The molecular formula is C26H34N2O6. The number of benzene rings is 1. The molecule has 1 aliphatic rings. The monoisotopic (exact) mass is 470 g/mol. The number of unbranched alkanes of at least 4 members (excludes halogenated alkanes) is 2.